The van der Waals surface area contributed by atoms with E-state index in [2.05, 4.69) is 30.6 Å². The summed E-state index contributed by atoms with van der Waals surface area (Å²) in [6, 6.07) is 6.40. The van der Waals surface area contributed by atoms with Crippen molar-refractivity contribution in [3.63, 3.8) is 0 Å². The highest BCUT2D eigenvalue weighted by molar-refractivity contribution is 7.81. The Morgan fingerprint density at radius 3 is 2.57 bits per heavy atom. The number of hydrogen-bond donors (Lipinski definition) is 4. The Balaban J connectivity index is 2.36. The summed E-state index contributed by atoms with van der Waals surface area (Å²) >= 11 is 8.59. The molecule has 0 saturated heterocycles. The van der Waals surface area contributed by atoms with Gasteiger partial charge in [0.1, 0.15) is 0 Å². The number of rotatable bonds is 9. The van der Waals surface area contributed by atoms with Gasteiger partial charge in [-0.15, -0.1) is 0 Å². The predicted octanol–water partition coefficient (Wildman–Crippen LogP) is 3.50. The summed E-state index contributed by atoms with van der Waals surface area (Å²) in [4.78, 5) is 22.9. The van der Waals surface area contributed by atoms with Gasteiger partial charge in [-0.25, -0.2) is 4.79 Å². The summed E-state index contributed by atoms with van der Waals surface area (Å²) in [5.74, 6) is -0.384. The molecule has 6 heteroatoms. The molecule has 1 aromatic rings. The quantitative estimate of drug-likeness (QED) is 0.414. The van der Waals surface area contributed by atoms with E-state index in [0.29, 0.717) is 17.4 Å². The van der Waals surface area contributed by atoms with Gasteiger partial charge in [0.05, 0.1) is 11.3 Å². The second kappa shape index (κ2) is 9.73. The zero-order chi connectivity index (χ0) is 15.7. The summed E-state index contributed by atoms with van der Waals surface area (Å²) in [6.45, 7) is 0. The zero-order valence-corrected chi connectivity index (χ0v) is 13.6. The van der Waals surface area contributed by atoms with Crippen LogP contribution in [-0.4, -0.2) is 28.0 Å². The molecule has 0 radical (unpaired) electrons. The van der Waals surface area contributed by atoms with Gasteiger partial charge in [0, 0.05) is 11.7 Å². The summed E-state index contributed by atoms with van der Waals surface area (Å²) in [5, 5.41) is 12.0. The number of para-hydroxylation sites is 1. The molecule has 0 bridgehead atoms. The molecule has 1 rings (SSSR count). The van der Waals surface area contributed by atoms with Gasteiger partial charge in [0.25, 0.3) is 0 Å². The second-order valence-corrected chi connectivity index (χ2v) is 5.99. The number of aromatic carboxylic acids is 1. The predicted molar refractivity (Wildman–Crippen MR) is 91.7 cm³/mol. The fraction of sp³-hybridized carbons (Fsp3) is 0.467. The van der Waals surface area contributed by atoms with Gasteiger partial charge in [-0.3, -0.25) is 4.79 Å². The monoisotopic (exact) mass is 327 g/mol. The Morgan fingerprint density at radius 2 is 1.90 bits per heavy atom. The lowest BCUT2D eigenvalue weighted by Gasteiger charge is -2.10. The van der Waals surface area contributed by atoms with E-state index in [9.17, 15) is 9.59 Å². The molecule has 0 heterocycles. The van der Waals surface area contributed by atoms with Crippen LogP contribution >= 0.6 is 25.3 Å². The van der Waals surface area contributed by atoms with E-state index >= 15 is 0 Å². The van der Waals surface area contributed by atoms with Crippen molar-refractivity contribution in [3.8, 4) is 0 Å². The highest BCUT2D eigenvalue weighted by atomic mass is 32.1. The van der Waals surface area contributed by atoms with Crippen molar-refractivity contribution < 1.29 is 14.7 Å². The van der Waals surface area contributed by atoms with Crippen LogP contribution in [0.5, 0.6) is 0 Å². The Labute approximate surface area is 136 Å². The number of carboxylic acid groups (broad SMARTS) is 1. The Bertz CT molecular complexity index is 480. The SMILES string of the molecule is O=C(CCCCC(S)CCS)Nc1ccccc1C(=O)O. The molecule has 0 aromatic heterocycles. The Hall–Kier alpha value is -1.14. The van der Waals surface area contributed by atoms with Crippen molar-refractivity contribution in [2.24, 2.45) is 0 Å². The van der Waals surface area contributed by atoms with Crippen molar-refractivity contribution in [2.75, 3.05) is 11.1 Å². The summed E-state index contributed by atoms with van der Waals surface area (Å²) in [7, 11) is 0. The van der Waals surface area contributed by atoms with E-state index in [1.165, 1.54) is 6.07 Å². The van der Waals surface area contributed by atoms with Gasteiger partial charge in [0.2, 0.25) is 5.91 Å². The number of benzene rings is 1. The minimum absolute atomic E-state index is 0.107. The maximum absolute atomic E-state index is 11.8. The van der Waals surface area contributed by atoms with Crippen LogP contribution in [0.3, 0.4) is 0 Å². The van der Waals surface area contributed by atoms with Gasteiger partial charge in [0.15, 0.2) is 0 Å². The van der Waals surface area contributed by atoms with Gasteiger partial charge in [-0.1, -0.05) is 18.6 Å². The van der Waals surface area contributed by atoms with Crippen molar-refractivity contribution >= 4 is 42.8 Å². The van der Waals surface area contributed by atoms with Crippen LogP contribution in [0.4, 0.5) is 5.69 Å². The van der Waals surface area contributed by atoms with Crippen LogP contribution in [0.25, 0.3) is 0 Å². The molecular weight excluding hydrogens is 306 g/mol. The molecular formula is C15H21NO3S2. The average molecular weight is 327 g/mol. The van der Waals surface area contributed by atoms with E-state index < -0.39 is 5.97 Å². The molecule has 0 spiro atoms. The maximum atomic E-state index is 11.8. The largest absolute Gasteiger partial charge is 0.478 e. The Morgan fingerprint density at radius 1 is 1.19 bits per heavy atom. The van der Waals surface area contributed by atoms with Gasteiger partial charge in [-0.2, -0.15) is 25.3 Å². The van der Waals surface area contributed by atoms with Crippen LogP contribution in [-0.2, 0) is 4.79 Å². The fourth-order valence-corrected chi connectivity index (χ4v) is 2.78. The number of carbonyl (C=O) groups excluding carboxylic acids is 1. The fourth-order valence-electron chi connectivity index (χ4n) is 1.95. The summed E-state index contributed by atoms with van der Waals surface area (Å²) in [6.07, 6.45) is 4.00. The number of hydrogen-bond acceptors (Lipinski definition) is 4. The number of thiol groups is 2. The van der Waals surface area contributed by atoms with E-state index in [1.807, 2.05) is 0 Å². The third kappa shape index (κ3) is 6.91. The van der Waals surface area contributed by atoms with Crippen molar-refractivity contribution in [1.82, 2.24) is 0 Å². The molecule has 0 fully saturated rings. The first-order valence-corrected chi connectivity index (χ1v) is 8.10. The number of carboxylic acids is 1. The molecule has 0 aliphatic carbocycles. The van der Waals surface area contributed by atoms with Gasteiger partial charge in [-0.05, 0) is 37.1 Å². The van der Waals surface area contributed by atoms with Gasteiger partial charge >= 0.3 is 5.97 Å². The van der Waals surface area contributed by atoms with Crippen LogP contribution in [0.2, 0.25) is 0 Å². The molecule has 1 unspecified atom stereocenters. The molecule has 4 nitrogen and oxygen atoms in total. The smallest absolute Gasteiger partial charge is 0.337 e. The van der Waals surface area contributed by atoms with E-state index in [1.54, 1.807) is 18.2 Å². The molecule has 0 aliphatic rings. The lowest BCUT2D eigenvalue weighted by Crippen LogP contribution is -2.14. The van der Waals surface area contributed by atoms with Gasteiger partial charge < -0.3 is 10.4 Å². The highest BCUT2D eigenvalue weighted by Crippen LogP contribution is 2.16. The number of unbranched alkanes of at least 4 members (excludes halogenated alkanes) is 1. The standard InChI is InChI=1S/C15H21NO3S2/c17-14(8-4-1-5-11(21)9-10-20)16-13-7-3-2-6-12(13)15(18)19/h2-3,6-7,11,20-21H,1,4-5,8-10H2,(H,16,17)(H,18,19). The maximum Gasteiger partial charge on any atom is 0.337 e. The normalized spacial score (nSPS) is 11.9. The van der Waals surface area contributed by atoms with Crippen LogP contribution in [0.15, 0.2) is 24.3 Å². The lowest BCUT2D eigenvalue weighted by molar-refractivity contribution is -0.116. The topological polar surface area (TPSA) is 66.4 Å². The van der Waals surface area contributed by atoms with Crippen LogP contribution in [0, 0.1) is 0 Å². The van der Waals surface area contributed by atoms with E-state index in [0.717, 1.165) is 31.4 Å². The highest BCUT2D eigenvalue weighted by Gasteiger charge is 2.11. The number of carbonyl (C=O) groups is 2. The third-order valence-electron chi connectivity index (χ3n) is 3.09. The second-order valence-electron chi connectivity index (χ2n) is 4.81. The molecule has 0 saturated carbocycles. The van der Waals surface area contributed by atoms with Crippen molar-refractivity contribution in [3.05, 3.63) is 29.8 Å². The minimum Gasteiger partial charge on any atom is -0.478 e. The minimum atomic E-state index is -1.05. The average Bonchev–Trinajstić information content (AvgIpc) is 2.44. The van der Waals surface area contributed by atoms with Crippen LogP contribution in [0.1, 0.15) is 42.5 Å². The molecule has 116 valence electrons. The third-order valence-corrected chi connectivity index (χ3v) is 3.86. The van der Waals surface area contributed by atoms with Crippen LogP contribution < -0.4 is 5.32 Å². The summed E-state index contributed by atoms with van der Waals surface area (Å²) < 4.78 is 0. The number of nitrogens with one attached hydrogen (secondary N) is 1. The number of amides is 1. The molecule has 1 aromatic carbocycles. The van der Waals surface area contributed by atoms with E-state index in [4.69, 9.17) is 5.11 Å². The first-order chi connectivity index (χ1) is 10.0. The summed E-state index contributed by atoms with van der Waals surface area (Å²) in [5.41, 5.74) is 0.451. The van der Waals surface area contributed by atoms with Crippen molar-refractivity contribution in [1.29, 1.82) is 0 Å². The number of anilines is 1. The lowest BCUT2D eigenvalue weighted by atomic mass is 10.1. The molecule has 0 aliphatic heterocycles. The molecule has 21 heavy (non-hydrogen) atoms. The first-order valence-electron chi connectivity index (χ1n) is 6.95. The van der Waals surface area contributed by atoms with Crippen molar-refractivity contribution in [2.45, 2.75) is 37.4 Å². The molecule has 2 N–H and O–H groups in total. The zero-order valence-electron chi connectivity index (χ0n) is 11.8. The molecule has 1 amide bonds. The first kappa shape index (κ1) is 17.9. The Kier molecular flexibility index (Phi) is 8.30. The molecule has 1 atom stereocenters. The van der Waals surface area contributed by atoms with E-state index in [-0.39, 0.29) is 11.5 Å².